The van der Waals surface area contributed by atoms with Crippen molar-refractivity contribution < 1.29 is 14.7 Å². The average molecular weight is 370 g/mol. The summed E-state index contributed by atoms with van der Waals surface area (Å²) in [5, 5.41) is 10.4. The summed E-state index contributed by atoms with van der Waals surface area (Å²) in [6, 6.07) is 1.60. The van der Waals surface area contributed by atoms with Crippen molar-refractivity contribution in [2.45, 2.75) is 0 Å². The Morgan fingerprint density at radius 2 is 2.08 bits per heavy atom. The first-order valence-corrected chi connectivity index (χ1v) is 9.53. The molecule has 24 heavy (non-hydrogen) atoms. The van der Waals surface area contributed by atoms with Gasteiger partial charge in [-0.1, -0.05) is 11.6 Å². The number of amides is 2. The number of rotatable bonds is 4. The number of hydrogen-bond acceptors (Lipinski definition) is 5. The predicted octanol–water partition coefficient (Wildman–Crippen LogP) is 0.991. The lowest BCUT2D eigenvalue weighted by Gasteiger charge is -2.27. The van der Waals surface area contributed by atoms with Gasteiger partial charge in [-0.3, -0.25) is 14.6 Å². The summed E-state index contributed by atoms with van der Waals surface area (Å²) in [5.74, 6) is 0.519. The van der Waals surface area contributed by atoms with Crippen molar-refractivity contribution in [3.63, 3.8) is 0 Å². The number of halogens is 1. The first-order valence-electron chi connectivity index (χ1n) is 7.76. The first-order chi connectivity index (χ1) is 11.5. The molecule has 1 aromatic rings. The van der Waals surface area contributed by atoms with E-state index in [9.17, 15) is 14.7 Å². The highest BCUT2D eigenvalue weighted by molar-refractivity contribution is 7.99. The number of aromatic nitrogens is 1. The number of thioether (sulfide) groups is 1. The minimum atomic E-state index is -0.421. The number of pyridine rings is 1. The molecular weight excluding hydrogens is 350 g/mol. The third-order valence-electron chi connectivity index (χ3n) is 4.93. The Morgan fingerprint density at radius 3 is 2.71 bits per heavy atom. The maximum Gasteiger partial charge on any atom is 0.255 e. The van der Waals surface area contributed by atoms with Gasteiger partial charge in [0, 0.05) is 49.9 Å². The molecule has 2 aliphatic rings. The van der Waals surface area contributed by atoms with Crippen molar-refractivity contribution in [3.05, 3.63) is 29.0 Å². The summed E-state index contributed by atoms with van der Waals surface area (Å²) in [6.45, 7) is 2.05. The highest BCUT2D eigenvalue weighted by atomic mass is 35.5. The van der Waals surface area contributed by atoms with Gasteiger partial charge in [-0.05, 0) is 12.3 Å². The molecule has 2 fully saturated rings. The van der Waals surface area contributed by atoms with Crippen LogP contribution in [0.3, 0.4) is 0 Å². The fourth-order valence-corrected chi connectivity index (χ4v) is 4.28. The van der Waals surface area contributed by atoms with Crippen LogP contribution >= 0.6 is 23.4 Å². The molecule has 3 heterocycles. The van der Waals surface area contributed by atoms with Gasteiger partial charge in [0.05, 0.1) is 22.9 Å². The Morgan fingerprint density at radius 1 is 1.38 bits per heavy atom. The Hall–Kier alpha value is -1.31. The van der Waals surface area contributed by atoms with Gasteiger partial charge in [0.2, 0.25) is 5.91 Å². The van der Waals surface area contributed by atoms with Crippen molar-refractivity contribution in [2.75, 3.05) is 44.8 Å². The van der Waals surface area contributed by atoms with E-state index in [4.69, 9.17) is 11.6 Å². The second-order valence-electron chi connectivity index (χ2n) is 6.50. The number of aliphatic hydroxyl groups is 1. The van der Waals surface area contributed by atoms with Crippen LogP contribution in [0.25, 0.3) is 0 Å². The molecule has 2 unspecified atom stereocenters. The topological polar surface area (TPSA) is 73.7 Å². The van der Waals surface area contributed by atoms with E-state index < -0.39 is 5.41 Å². The van der Waals surface area contributed by atoms with Crippen molar-refractivity contribution in [2.24, 2.45) is 11.3 Å². The summed E-state index contributed by atoms with van der Waals surface area (Å²) in [6.07, 6.45) is 4.89. The smallest absolute Gasteiger partial charge is 0.255 e. The highest BCUT2D eigenvalue weighted by Gasteiger charge is 2.54. The zero-order chi connectivity index (χ0) is 17.3. The maximum atomic E-state index is 12.7. The van der Waals surface area contributed by atoms with Gasteiger partial charge >= 0.3 is 0 Å². The number of carbonyl (C=O) groups excluding carboxylic acids is 2. The third kappa shape index (κ3) is 3.12. The molecule has 1 N–H and O–H groups in total. The molecule has 2 aliphatic heterocycles. The molecule has 0 aliphatic carbocycles. The van der Waals surface area contributed by atoms with Gasteiger partial charge in [0.25, 0.3) is 5.91 Å². The fourth-order valence-electron chi connectivity index (χ4n) is 3.67. The lowest BCUT2D eigenvalue weighted by molar-refractivity contribution is -0.128. The van der Waals surface area contributed by atoms with E-state index in [1.165, 1.54) is 24.2 Å². The summed E-state index contributed by atoms with van der Waals surface area (Å²) < 4.78 is 0. The van der Waals surface area contributed by atoms with Crippen LogP contribution < -0.4 is 0 Å². The van der Waals surface area contributed by atoms with E-state index in [0.29, 0.717) is 42.5 Å². The monoisotopic (exact) mass is 369 g/mol. The first kappa shape index (κ1) is 17.5. The van der Waals surface area contributed by atoms with Crippen LogP contribution in [0, 0.1) is 11.3 Å². The van der Waals surface area contributed by atoms with Crippen molar-refractivity contribution in [3.8, 4) is 0 Å². The fraction of sp³-hybridized carbons (Fsp3) is 0.562. The normalized spacial score (nSPS) is 25.9. The van der Waals surface area contributed by atoms with Crippen LogP contribution in [0.2, 0.25) is 5.02 Å². The van der Waals surface area contributed by atoms with E-state index >= 15 is 0 Å². The second-order valence-corrected chi connectivity index (χ2v) is 7.80. The Bertz CT molecular complexity index is 659. The highest BCUT2D eigenvalue weighted by Crippen LogP contribution is 2.42. The molecule has 2 amide bonds. The molecule has 0 spiro atoms. The SMILES string of the molecule is CSCC(=O)N1CC2CN(C(=O)c3cncc(Cl)c3)CC2(CO)C1. The Kier molecular flexibility index (Phi) is 5.03. The largest absolute Gasteiger partial charge is 0.396 e. The quantitative estimate of drug-likeness (QED) is 0.856. The lowest BCUT2D eigenvalue weighted by Crippen LogP contribution is -2.40. The van der Waals surface area contributed by atoms with Gasteiger partial charge in [0.1, 0.15) is 0 Å². The molecule has 2 atom stereocenters. The third-order valence-corrected chi connectivity index (χ3v) is 5.68. The van der Waals surface area contributed by atoms with Gasteiger partial charge in [-0.15, -0.1) is 0 Å². The molecule has 1 aromatic heterocycles. The number of aliphatic hydroxyl groups excluding tert-OH is 1. The minimum Gasteiger partial charge on any atom is -0.396 e. The molecule has 0 radical (unpaired) electrons. The van der Waals surface area contributed by atoms with Crippen LogP contribution in [-0.2, 0) is 4.79 Å². The molecule has 3 rings (SSSR count). The number of likely N-dealkylation sites (tertiary alicyclic amines) is 2. The zero-order valence-corrected chi connectivity index (χ0v) is 15.0. The van der Waals surface area contributed by atoms with Crippen molar-refractivity contribution in [1.82, 2.24) is 14.8 Å². The molecule has 8 heteroatoms. The summed E-state index contributed by atoms with van der Waals surface area (Å²) in [4.78, 5) is 32.3. The standard InChI is InChI=1S/C16H20ClN3O3S/c1-24-7-14(22)19-5-12-6-20(9-16(12,8-19)10-21)15(23)11-2-13(17)4-18-3-11/h2-4,12,21H,5-10H2,1H3. The number of fused-ring (bicyclic) bond motifs is 1. The van der Waals surface area contributed by atoms with Gasteiger partial charge in [0.15, 0.2) is 0 Å². The summed E-state index contributed by atoms with van der Waals surface area (Å²) in [5.41, 5.74) is 0.0290. The van der Waals surface area contributed by atoms with Crippen LogP contribution in [0.5, 0.6) is 0 Å². The van der Waals surface area contributed by atoms with E-state index in [1.54, 1.807) is 11.0 Å². The van der Waals surface area contributed by atoms with Gasteiger partial charge < -0.3 is 14.9 Å². The van der Waals surface area contributed by atoms with Crippen LogP contribution in [0.4, 0.5) is 0 Å². The molecule has 2 saturated heterocycles. The lowest BCUT2D eigenvalue weighted by atomic mass is 9.82. The van der Waals surface area contributed by atoms with E-state index in [-0.39, 0.29) is 24.3 Å². The zero-order valence-electron chi connectivity index (χ0n) is 13.4. The van der Waals surface area contributed by atoms with Crippen LogP contribution in [-0.4, -0.2) is 76.5 Å². The molecule has 130 valence electrons. The molecule has 0 saturated carbocycles. The number of nitrogens with zero attached hydrogens (tertiary/aromatic N) is 3. The average Bonchev–Trinajstić information content (AvgIpc) is 3.09. The van der Waals surface area contributed by atoms with Crippen molar-refractivity contribution in [1.29, 1.82) is 0 Å². The number of carbonyl (C=O) groups is 2. The molecular formula is C16H20ClN3O3S. The maximum absolute atomic E-state index is 12.7. The molecule has 0 bridgehead atoms. The Balaban J connectivity index is 1.73. The predicted molar refractivity (Wildman–Crippen MR) is 93.1 cm³/mol. The van der Waals surface area contributed by atoms with Crippen molar-refractivity contribution >= 4 is 35.2 Å². The van der Waals surface area contributed by atoms with Gasteiger partial charge in [-0.2, -0.15) is 11.8 Å². The molecule has 0 aromatic carbocycles. The van der Waals surface area contributed by atoms with Gasteiger partial charge in [-0.25, -0.2) is 0 Å². The summed E-state index contributed by atoms with van der Waals surface area (Å²) in [7, 11) is 0. The second kappa shape index (κ2) is 6.90. The number of hydrogen-bond donors (Lipinski definition) is 1. The van der Waals surface area contributed by atoms with Crippen LogP contribution in [0.1, 0.15) is 10.4 Å². The van der Waals surface area contributed by atoms with Crippen LogP contribution in [0.15, 0.2) is 18.5 Å². The summed E-state index contributed by atoms with van der Waals surface area (Å²) >= 11 is 7.41. The Labute approximate surface area is 150 Å². The molecule has 6 nitrogen and oxygen atoms in total. The van der Waals surface area contributed by atoms with E-state index in [0.717, 1.165) is 0 Å². The van der Waals surface area contributed by atoms with E-state index in [2.05, 4.69) is 4.98 Å². The van der Waals surface area contributed by atoms with E-state index in [1.807, 2.05) is 11.2 Å². The minimum absolute atomic E-state index is 0.0295.